The van der Waals surface area contributed by atoms with Crippen LogP contribution < -0.4 is 5.73 Å². The Kier molecular flexibility index (Phi) is 8.20. The Hall–Kier alpha value is -3.49. The van der Waals surface area contributed by atoms with Gasteiger partial charge in [0.25, 0.3) is 0 Å². The van der Waals surface area contributed by atoms with Crippen LogP contribution in [-0.4, -0.2) is 39.5 Å². The largest absolute Gasteiger partial charge is 0.478 e. The average Bonchev–Trinajstić information content (AvgIpc) is 3.15. The number of esters is 1. The molecule has 0 spiro atoms. The Labute approximate surface area is 202 Å². The molecular weight excluding hydrogens is 458 g/mol. The summed E-state index contributed by atoms with van der Waals surface area (Å²) in [4.78, 5) is 40.9. The number of carboxylic acids is 1. The highest BCUT2D eigenvalue weighted by molar-refractivity contribution is 6.30. The van der Waals surface area contributed by atoms with Gasteiger partial charge in [-0.3, -0.25) is 4.79 Å². The number of unbranched alkanes of at least 4 members (excludes halogenated alkanes) is 1. The number of aromatic nitrogens is 2. The molecule has 0 amide bonds. The Balaban J connectivity index is 1.92. The Morgan fingerprint density at radius 1 is 1.12 bits per heavy atom. The van der Waals surface area contributed by atoms with E-state index in [1.165, 1.54) is 19.2 Å². The van der Waals surface area contributed by atoms with E-state index in [0.29, 0.717) is 30.0 Å². The Morgan fingerprint density at radius 3 is 2.35 bits per heavy atom. The molecule has 9 heteroatoms. The number of benzene rings is 2. The normalized spacial score (nSPS) is 11.8. The number of aromatic carboxylic acids is 1. The summed E-state index contributed by atoms with van der Waals surface area (Å²) in [6, 6.07) is 11.8. The molecule has 8 nitrogen and oxygen atoms in total. The number of hydrogen-bond donors (Lipinski definition) is 2. The number of ether oxygens (including phenoxy) is 1. The van der Waals surface area contributed by atoms with E-state index in [0.717, 1.165) is 18.4 Å². The summed E-state index contributed by atoms with van der Waals surface area (Å²) in [5.74, 6) is -1.46. The lowest BCUT2D eigenvalue weighted by Gasteiger charge is -2.16. The maximum Gasteiger partial charge on any atom is 0.336 e. The summed E-state index contributed by atoms with van der Waals surface area (Å²) in [6.45, 7) is 2.40. The van der Waals surface area contributed by atoms with Gasteiger partial charge in [0.2, 0.25) is 0 Å². The van der Waals surface area contributed by atoms with Gasteiger partial charge >= 0.3 is 11.9 Å². The highest BCUT2D eigenvalue weighted by atomic mass is 35.5. The zero-order valence-corrected chi connectivity index (χ0v) is 19.7. The lowest BCUT2D eigenvalue weighted by atomic mass is 9.97. The zero-order chi connectivity index (χ0) is 24.8. The second-order valence-electron chi connectivity index (χ2n) is 7.77. The van der Waals surface area contributed by atoms with E-state index < -0.39 is 18.0 Å². The molecule has 0 aliphatic heterocycles. The topological polar surface area (TPSA) is 125 Å². The van der Waals surface area contributed by atoms with Gasteiger partial charge < -0.3 is 20.1 Å². The number of imidazole rings is 1. The first-order chi connectivity index (χ1) is 16.3. The number of carboxylic acid groups (broad SMARTS) is 1. The monoisotopic (exact) mass is 483 g/mol. The highest BCUT2D eigenvalue weighted by Crippen LogP contribution is 2.26. The van der Waals surface area contributed by atoms with Gasteiger partial charge in [0.1, 0.15) is 11.9 Å². The molecule has 3 rings (SSSR count). The molecule has 1 unspecified atom stereocenters. The lowest BCUT2D eigenvalue weighted by Crippen LogP contribution is -2.26. The van der Waals surface area contributed by atoms with Gasteiger partial charge in [-0.25, -0.2) is 14.6 Å². The van der Waals surface area contributed by atoms with Gasteiger partial charge in [0.15, 0.2) is 10.9 Å². The van der Waals surface area contributed by atoms with Crippen LogP contribution in [0.1, 0.15) is 69.2 Å². The summed E-state index contributed by atoms with van der Waals surface area (Å²) in [7, 11) is 1.26. The third-order valence-corrected chi connectivity index (χ3v) is 5.78. The molecule has 34 heavy (non-hydrogen) atoms. The highest BCUT2D eigenvalue weighted by Gasteiger charge is 2.27. The third kappa shape index (κ3) is 5.35. The summed E-state index contributed by atoms with van der Waals surface area (Å²) in [5, 5.41) is 9.53. The standard InChI is InChI=1S/C25H26ClN3O5/c1-3-4-9-19-28-23(26)21(20(27)25(33)34-2)29(19)14-15-10-12-16(13-11-15)22(30)17-7-5-6-8-18(17)24(31)32/h5-8,10-13,20H,3-4,9,14,27H2,1-2H3,(H,31,32). The van der Waals surface area contributed by atoms with E-state index in [9.17, 15) is 19.5 Å². The van der Waals surface area contributed by atoms with Crippen molar-refractivity contribution in [1.82, 2.24) is 9.55 Å². The molecule has 0 bridgehead atoms. The lowest BCUT2D eigenvalue weighted by molar-refractivity contribution is -0.142. The zero-order valence-electron chi connectivity index (χ0n) is 19.0. The number of nitrogens with two attached hydrogens (primary N) is 1. The van der Waals surface area contributed by atoms with Crippen LogP contribution in [0.4, 0.5) is 0 Å². The molecule has 178 valence electrons. The smallest absolute Gasteiger partial charge is 0.336 e. The molecule has 0 saturated heterocycles. The van der Waals surface area contributed by atoms with Crippen molar-refractivity contribution in [2.75, 3.05) is 7.11 Å². The number of nitrogens with zero attached hydrogens (tertiary/aromatic N) is 2. The van der Waals surface area contributed by atoms with Gasteiger partial charge in [-0.2, -0.15) is 0 Å². The third-order valence-electron chi connectivity index (χ3n) is 5.50. The number of methoxy groups -OCH3 is 1. The van der Waals surface area contributed by atoms with E-state index in [4.69, 9.17) is 22.1 Å². The number of hydrogen-bond acceptors (Lipinski definition) is 6. The summed E-state index contributed by atoms with van der Waals surface area (Å²) in [5.41, 5.74) is 7.73. The average molecular weight is 484 g/mol. The van der Waals surface area contributed by atoms with Crippen molar-refractivity contribution >= 4 is 29.3 Å². The number of rotatable bonds is 10. The van der Waals surface area contributed by atoms with E-state index in [1.807, 2.05) is 4.57 Å². The van der Waals surface area contributed by atoms with Crippen LogP contribution in [0, 0.1) is 0 Å². The molecule has 0 aliphatic rings. The van der Waals surface area contributed by atoms with Crippen molar-refractivity contribution < 1.29 is 24.2 Å². The molecule has 0 saturated carbocycles. The van der Waals surface area contributed by atoms with Crippen LogP contribution in [0.25, 0.3) is 0 Å². The number of ketones is 1. The van der Waals surface area contributed by atoms with Gasteiger partial charge in [0, 0.05) is 24.1 Å². The second kappa shape index (κ2) is 11.1. The Bertz CT molecular complexity index is 1200. The van der Waals surface area contributed by atoms with Gasteiger partial charge in [-0.15, -0.1) is 0 Å². The predicted octanol–water partition coefficient (Wildman–Crippen LogP) is 4.03. The molecule has 3 aromatic rings. The van der Waals surface area contributed by atoms with Gasteiger partial charge in [-0.1, -0.05) is 67.4 Å². The van der Waals surface area contributed by atoms with E-state index in [1.54, 1.807) is 36.4 Å². The first-order valence-electron chi connectivity index (χ1n) is 10.8. The molecule has 0 radical (unpaired) electrons. The van der Waals surface area contributed by atoms with Crippen LogP contribution in [0.2, 0.25) is 5.15 Å². The maximum atomic E-state index is 12.9. The summed E-state index contributed by atoms with van der Waals surface area (Å²) >= 11 is 6.35. The number of carbonyl (C=O) groups is 3. The first-order valence-corrected chi connectivity index (χ1v) is 11.2. The molecule has 0 aliphatic carbocycles. The second-order valence-corrected chi connectivity index (χ2v) is 8.13. The van der Waals surface area contributed by atoms with Crippen molar-refractivity contribution in [2.45, 2.75) is 38.8 Å². The molecule has 3 N–H and O–H groups in total. The van der Waals surface area contributed by atoms with Crippen molar-refractivity contribution in [3.8, 4) is 0 Å². The first kappa shape index (κ1) is 25.1. The van der Waals surface area contributed by atoms with Crippen LogP contribution >= 0.6 is 11.6 Å². The van der Waals surface area contributed by atoms with E-state index >= 15 is 0 Å². The van der Waals surface area contributed by atoms with Gasteiger partial charge in [-0.05, 0) is 18.1 Å². The summed E-state index contributed by atoms with van der Waals surface area (Å²) < 4.78 is 6.60. The molecule has 1 aromatic heterocycles. The van der Waals surface area contributed by atoms with E-state index in [2.05, 4.69) is 11.9 Å². The van der Waals surface area contributed by atoms with Crippen molar-refractivity contribution in [1.29, 1.82) is 0 Å². The minimum atomic E-state index is -1.16. The minimum Gasteiger partial charge on any atom is -0.478 e. The van der Waals surface area contributed by atoms with Crippen molar-refractivity contribution in [3.05, 3.63) is 87.5 Å². The minimum absolute atomic E-state index is 0.0494. The van der Waals surface area contributed by atoms with Crippen LogP contribution in [0.3, 0.4) is 0 Å². The number of aryl methyl sites for hydroxylation is 1. The summed E-state index contributed by atoms with van der Waals surface area (Å²) in [6.07, 6.45) is 2.50. The van der Waals surface area contributed by atoms with Gasteiger partial charge in [0.05, 0.1) is 18.4 Å². The quantitative estimate of drug-likeness (QED) is 0.329. The van der Waals surface area contributed by atoms with Crippen molar-refractivity contribution in [2.24, 2.45) is 5.73 Å². The Morgan fingerprint density at radius 2 is 1.76 bits per heavy atom. The maximum absolute atomic E-state index is 12.9. The molecule has 0 fully saturated rings. The fourth-order valence-corrected chi connectivity index (χ4v) is 4.00. The molecule has 1 heterocycles. The molecule has 1 atom stereocenters. The van der Waals surface area contributed by atoms with Crippen LogP contribution in [0.5, 0.6) is 0 Å². The van der Waals surface area contributed by atoms with Crippen LogP contribution in [-0.2, 0) is 22.5 Å². The molecule has 2 aromatic carbocycles. The SMILES string of the molecule is CCCCc1nc(Cl)c(C(N)C(=O)OC)n1Cc1ccc(C(=O)c2ccccc2C(=O)O)cc1. The fraction of sp³-hybridized carbons (Fsp3) is 0.280. The number of carbonyl (C=O) groups excluding carboxylic acids is 2. The van der Waals surface area contributed by atoms with Crippen LogP contribution in [0.15, 0.2) is 48.5 Å². The van der Waals surface area contributed by atoms with E-state index in [-0.39, 0.29) is 22.1 Å². The predicted molar refractivity (Wildman–Crippen MR) is 127 cm³/mol. The van der Waals surface area contributed by atoms with Crippen molar-refractivity contribution in [3.63, 3.8) is 0 Å². The fourth-order valence-electron chi connectivity index (χ4n) is 3.69. The number of halogens is 1. The molecular formula is C25H26ClN3O5.